The zero-order chi connectivity index (χ0) is 50.3. The molecule has 1 aliphatic rings. The summed E-state index contributed by atoms with van der Waals surface area (Å²) in [6.45, 7) is 5.87. The first-order chi connectivity index (χ1) is 32.7. The van der Waals surface area contributed by atoms with E-state index < -0.39 is 93.8 Å². The monoisotopic (exact) mass is 992 g/mol. The minimum Gasteiger partial charge on any atom is -0.481 e. The third-order valence-corrected chi connectivity index (χ3v) is 13.7. The van der Waals surface area contributed by atoms with Crippen molar-refractivity contribution in [2.75, 3.05) is 6.61 Å². The van der Waals surface area contributed by atoms with Crippen molar-refractivity contribution in [3.8, 4) is 0 Å². The number of hydrogen-bond donors (Lipinski definition) is 6. The number of unbranched alkanes of at least 4 members (excludes halogenated alkanes) is 28. The quantitative estimate of drug-likeness (QED) is 0.0189. The van der Waals surface area contributed by atoms with Gasteiger partial charge in [0.2, 0.25) is 5.91 Å². The first-order valence-corrected chi connectivity index (χ1v) is 28.9. The molecule has 0 aromatic carbocycles. The minimum atomic E-state index is -5.39. The highest BCUT2D eigenvalue weighted by atomic mass is 31.2. The van der Waals surface area contributed by atoms with E-state index in [-0.39, 0.29) is 6.42 Å². The zero-order valence-electron chi connectivity index (χ0n) is 42.8. The molecule has 400 valence electrons. The second-order valence-corrected chi connectivity index (χ2v) is 20.7. The van der Waals surface area contributed by atoms with Crippen LogP contribution in [0.25, 0.3) is 0 Å². The molecular formula is C52H98NO14P. The van der Waals surface area contributed by atoms with Crippen molar-refractivity contribution in [1.82, 2.24) is 5.32 Å². The summed E-state index contributed by atoms with van der Waals surface area (Å²) >= 11 is 0. The van der Waals surface area contributed by atoms with E-state index >= 15 is 0 Å². The van der Waals surface area contributed by atoms with Crippen molar-refractivity contribution < 1.29 is 67.6 Å². The molecule has 6 N–H and O–H groups in total. The van der Waals surface area contributed by atoms with Crippen molar-refractivity contribution in [3.05, 3.63) is 0 Å². The summed E-state index contributed by atoms with van der Waals surface area (Å²) in [6, 6.07) is -1.59. The molecule has 0 aromatic heterocycles. The molecule has 16 heteroatoms. The highest BCUT2D eigenvalue weighted by Gasteiger charge is 2.52. The molecule has 1 rings (SSSR count). The summed E-state index contributed by atoms with van der Waals surface area (Å²) in [6.07, 6.45) is 26.7. The lowest BCUT2D eigenvalue weighted by atomic mass is 9.92. The number of hydrogen-bond acceptors (Lipinski definition) is 11. The number of ether oxygens (including phenoxy) is 3. The number of carboxylic acids is 1. The molecule has 1 aliphatic heterocycles. The topological polar surface area (TPSA) is 235 Å². The summed E-state index contributed by atoms with van der Waals surface area (Å²) < 4.78 is 34.6. The number of amides is 1. The van der Waals surface area contributed by atoms with Crippen molar-refractivity contribution >= 4 is 31.6 Å². The van der Waals surface area contributed by atoms with Crippen molar-refractivity contribution in [1.29, 1.82) is 0 Å². The molecule has 2 unspecified atom stereocenters. The summed E-state index contributed by atoms with van der Waals surface area (Å²) in [5, 5.41) is 33.8. The smallest absolute Gasteiger partial charge is 0.470 e. The molecule has 15 nitrogen and oxygen atoms in total. The number of nitrogens with one attached hydrogen (secondary N) is 1. The average Bonchev–Trinajstić information content (AvgIpc) is 3.28. The van der Waals surface area contributed by atoms with Gasteiger partial charge >= 0.3 is 25.7 Å². The molecule has 1 amide bonds. The number of carbonyl (C=O) groups is 4. The summed E-state index contributed by atoms with van der Waals surface area (Å²) in [5.41, 5.74) is 0. The van der Waals surface area contributed by atoms with E-state index in [0.29, 0.717) is 25.7 Å². The van der Waals surface area contributed by atoms with E-state index in [1.807, 2.05) is 0 Å². The molecule has 1 saturated heterocycles. The van der Waals surface area contributed by atoms with Crippen molar-refractivity contribution in [2.24, 2.45) is 5.92 Å². The highest BCUT2D eigenvalue weighted by Crippen LogP contribution is 2.42. The van der Waals surface area contributed by atoms with Gasteiger partial charge in [-0.2, -0.15) is 0 Å². The molecule has 0 spiro atoms. The lowest BCUT2D eigenvalue weighted by molar-refractivity contribution is -0.258. The standard InChI is InChI=1S/C52H98NO14P/c1-4-7-10-13-16-19-21-22-25-27-30-33-36-42(35-32-29-26-24-20-17-14-11-8-5-2)51(59)66-50-48(53-45(55)40-43(54)37-34-31-28-23-18-15-12-9-6-3)52(60)65-44(49(50)67-68(61,62)63)41-64-47(58)39-38-46(56)57/h42-44,48-50,52,54,60H,4-41H2,1-3H3,(H,53,55)(H,56,57)(H2,61,62,63)/t42?,43-,44-,48-,49-,50-,52?/m1/s1. The molecule has 0 aliphatic carbocycles. The predicted octanol–water partition coefficient (Wildman–Crippen LogP) is 11.7. The molecular weight excluding hydrogens is 894 g/mol. The van der Waals surface area contributed by atoms with Gasteiger partial charge < -0.3 is 44.6 Å². The first kappa shape index (κ1) is 63.9. The number of esters is 2. The van der Waals surface area contributed by atoms with Crippen LogP contribution in [0, 0.1) is 5.92 Å². The SMILES string of the molecule is CCCCCCCCCCCCCCC(CCCCCCCCCCCC)C(=O)O[C@H]1[C@H](OP(=O)(O)O)[C@@H](COC(=O)CCC(=O)O)OC(O)[C@@H]1NC(=O)C[C@H](O)CCCCCCCCCCC. The van der Waals surface area contributed by atoms with Gasteiger partial charge in [0.05, 0.1) is 31.3 Å². The number of carboxylic acid groups (broad SMARTS) is 1. The minimum absolute atomic E-state index is 0.351. The molecule has 0 saturated carbocycles. The maximum Gasteiger partial charge on any atom is 0.470 e. The molecule has 68 heavy (non-hydrogen) atoms. The number of aliphatic carboxylic acids is 1. The van der Waals surface area contributed by atoms with Gasteiger partial charge in [-0.15, -0.1) is 0 Å². The van der Waals surface area contributed by atoms with Crippen molar-refractivity contribution in [2.45, 2.75) is 295 Å². The fourth-order valence-corrected chi connectivity index (χ4v) is 9.63. The van der Waals surface area contributed by atoms with Gasteiger partial charge in [0.15, 0.2) is 12.4 Å². The maximum atomic E-state index is 14.4. The van der Waals surface area contributed by atoms with Gasteiger partial charge in [0.25, 0.3) is 0 Å². The van der Waals surface area contributed by atoms with Gasteiger partial charge in [-0.05, 0) is 19.3 Å². The molecule has 1 heterocycles. The fourth-order valence-electron chi connectivity index (χ4n) is 9.06. The van der Waals surface area contributed by atoms with Crippen LogP contribution < -0.4 is 5.32 Å². The van der Waals surface area contributed by atoms with Gasteiger partial charge in [-0.1, -0.05) is 220 Å². The van der Waals surface area contributed by atoms with Crippen LogP contribution in [-0.2, 0) is 42.5 Å². The van der Waals surface area contributed by atoms with Gasteiger partial charge in [0.1, 0.15) is 24.9 Å². The number of rotatable bonds is 46. The Bertz CT molecular complexity index is 1330. The highest BCUT2D eigenvalue weighted by molar-refractivity contribution is 7.46. The van der Waals surface area contributed by atoms with Gasteiger partial charge in [0, 0.05) is 0 Å². The Morgan fingerprint density at radius 2 is 0.985 bits per heavy atom. The fraction of sp³-hybridized carbons (Fsp3) is 0.923. The van der Waals surface area contributed by atoms with Gasteiger partial charge in [-0.25, -0.2) is 4.57 Å². The number of carbonyl (C=O) groups excluding carboxylic acids is 3. The Labute approximate surface area is 411 Å². The number of aliphatic hydroxyl groups is 2. The number of aliphatic hydroxyl groups excluding tert-OH is 2. The van der Waals surface area contributed by atoms with Crippen LogP contribution in [-0.4, -0.2) is 92.3 Å². The van der Waals surface area contributed by atoms with Crippen LogP contribution >= 0.6 is 7.82 Å². The average molecular weight is 992 g/mol. The first-order valence-electron chi connectivity index (χ1n) is 27.3. The van der Waals surface area contributed by atoms with Crippen molar-refractivity contribution in [3.63, 3.8) is 0 Å². The second kappa shape index (κ2) is 41.5. The third-order valence-electron chi connectivity index (χ3n) is 13.2. The Hall–Kier alpha value is -2.13. The van der Waals surface area contributed by atoms with Crippen LogP contribution in [0.3, 0.4) is 0 Å². The summed E-state index contributed by atoms with van der Waals surface area (Å²) in [7, 11) is -5.39. The molecule has 7 atom stereocenters. The second-order valence-electron chi connectivity index (χ2n) is 19.5. The normalized spacial score (nSPS) is 19.4. The predicted molar refractivity (Wildman–Crippen MR) is 266 cm³/mol. The zero-order valence-corrected chi connectivity index (χ0v) is 43.7. The molecule has 0 bridgehead atoms. The van der Waals surface area contributed by atoms with E-state index in [1.54, 1.807) is 0 Å². The molecule has 1 fully saturated rings. The maximum absolute atomic E-state index is 14.4. The van der Waals surface area contributed by atoms with E-state index in [1.165, 1.54) is 122 Å². The lowest BCUT2D eigenvalue weighted by Crippen LogP contribution is -2.66. The lowest BCUT2D eigenvalue weighted by Gasteiger charge is -2.44. The Morgan fingerprint density at radius 1 is 0.588 bits per heavy atom. The molecule has 0 radical (unpaired) electrons. The summed E-state index contributed by atoms with van der Waals surface area (Å²) in [5.74, 6) is -4.18. The van der Waals surface area contributed by atoms with E-state index in [4.69, 9.17) is 23.8 Å². The number of phosphoric ester groups is 1. The largest absolute Gasteiger partial charge is 0.481 e. The van der Waals surface area contributed by atoms with Crippen LogP contribution in [0.5, 0.6) is 0 Å². The molecule has 0 aromatic rings. The van der Waals surface area contributed by atoms with E-state index in [0.717, 1.165) is 70.6 Å². The van der Waals surface area contributed by atoms with E-state index in [9.17, 15) is 43.7 Å². The Kier molecular flexibility index (Phi) is 39.0. The van der Waals surface area contributed by atoms with E-state index in [2.05, 4.69) is 26.1 Å². The Morgan fingerprint density at radius 3 is 1.38 bits per heavy atom. The van der Waals surface area contributed by atoms with Crippen LogP contribution in [0.4, 0.5) is 0 Å². The third kappa shape index (κ3) is 34.2. The van der Waals surface area contributed by atoms with Crippen LogP contribution in [0.15, 0.2) is 0 Å². The number of phosphoric acid groups is 1. The van der Waals surface area contributed by atoms with Crippen LogP contribution in [0.1, 0.15) is 258 Å². The van der Waals surface area contributed by atoms with Crippen LogP contribution in [0.2, 0.25) is 0 Å². The summed E-state index contributed by atoms with van der Waals surface area (Å²) in [4.78, 5) is 71.5. The van der Waals surface area contributed by atoms with Gasteiger partial charge in [-0.3, -0.25) is 23.7 Å². The Balaban J connectivity index is 3.19.